The number of benzene rings is 1. The molecular weight excluding hydrogens is 340 g/mol. The monoisotopic (exact) mass is 364 g/mol. The van der Waals surface area contributed by atoms with Crippen LogP contribution in [0.2, 0.25) is 0 Å². The van der Waals surface area contributed by atoms with Crippen LogP contribution < -0.4 is 15.0 Å². The van der Waals surface area contributed by atoms with Gasteiger partial charge in [-0.2, -0.15) is 5.10 Å². The summed E-state index contributed by atoms with van der Waals surface area (Å²) in [4.78, 5) is 13.6. The lowest BCUT2D eigenvalue weighted by Crippen LogP contribution is -2.23. The maximum Gasteiger partial charge on any atom is 0.227 e. The van der Waals surface area contributed by atoms with Gasteiger partial charge in [0.05, 0.1) is 18.4 Å². The normalized spacial score (nSPS) is 13.9. The highest BCUT2D eigenvalue weighted by Gasteiger charge is 2.21. The number of hydrogen-bond donors (Lipinski definition) is 1. The van der Waals surface area contributed by atoms with Gasteiger partial charge in [0.15, 0.2) is 0 Å². The van der Waals surface area contributed by atoms with Crippen LogP contribution in [0.4, 0.5) is 5.69 Å². The van der Waals surface area contributed by atoms with Crippen LogP contribution in [0, 0.1) is 6.92 Å². The van der Waals surface area contributed by atoms with E-state index in [4.69, 9.17) is 4.74 Å². The summed E-state index contributed by atoms with van der Waals surface area (Å²) in [6, 6.07) is 8.19. The molecule has 0 aliphatic carbocycles. The lowest BCUT2D eigenvalue weighted by Gasteiger charge is -2.16. The molecule has 0 atom stereocenters. The molecule has 6 nitrogen and oxygen atoms in total. The Balaban J connectivity index is 0.00000225. The Morgan fingerprint density at radius 3 is 2.56 bits per heavy atom. The van der Waals surface area contributed by atoms with Crippen molar-refractivity contribution in [2.45, 2.75) is 32.9 Å². The molecule has 0 saturated carbocycles. The quantitative estimate of drug-likeness (QED) is 0.855. The van der Waals surface area contributed by atoms with E-state index in [-0.39, 0.29) is 18.3 Å². The molecule has 1 aromatic heterocycles. The maximum atomic E-state index is 11.8. The second kappa shape index (κ2) is 8.36. The van der Waals surface area contributed by atoms with Crippen LogP contribution in [0.25, 0.3) is 0 Å². The van der Waals surface area contributed by atoms with Gasteiger partial charge in [-0.1, -0.05) is 12.1 Å². The van der Waals surface area contributed by atoms with Crippen molar-refractivity contribution in [2.75, 3.05) is 18.6 Å². The Labute approximate surface area is 154 Å². The van der Waals surface area contributed by atoms with Gasteiger partial charge in [0.2, 0.25) is 11.8 Å². The number of methoxy groups -OCH3 is 1. The highest BCUT2D eigenvalue weighted by molar-refractivity contribution is 5.95. The molecule has 1 aliphatic rings. The first-order valence-corrected chi connectivity index (χ1v) is 8.26. The Kier molecular flexibility index (Phi) is 6.45. The molecule has 1 fully saturated rings. The van der Waals surface area contributed by atoms with Gasteiger partial charge in [0.25, 0.3) is 0 Å². The summed E-state index contributed by atoms with van der Waals surface area (Å²) in [5.74, 6) is 1.02. The average molecular weight is 365 g/mol. The van der Waals surface area contributed by atoms with Crippen molar-refractivity contribution in [3.05, 3.63) is 41.1 Å². The molecule has 1 aromatic carbocycles. The van der Waals surface area contributed by atoms with Gasteiger partial charge < -0.3 is 15.0 Å². The van der Waals surface area contributed by atoms with Crippen LogP contribution in [0.15, 0.2) is 24.3 Å². The zero-order valence-corrected chi connectivity index (χ0v) is 15.7. The summed E-state index contributed by atoms with van der Waals surface area (Å²) in [6.45, 7) is 4.28. The lowest BCUT2D eigenvalue weighted by atomic mass is 10.2. The van der Waals surface area contributed by atoms with E-state index in [9.17, 15) is 4.79 Å². The third-order valence-electron chi connectivity index (χ3n) is 4.43. The summed E-state index contributed by atoms with van der Waals surface area (Å²) in [6.07, 6.45) is 1.62. The summed E-state index contributed by atoms with van der Waals surface area (Å²) < 4.78 is 7.16. The highest BCUT2D eigenvalue weighted by Crippen LogP contribution is 2.22. The van der Waals surface area contributed by atoms with Gasteiger partial charge in [-0.15, -0.1) is 12.4 Å². The zero-order valence-electron chi connectivity index (χ0n) is 14.9. The molecule has 3 rings (SSSR count). The summed E-state index contributed by atoms with van der Waals surface area (Å²) in [5.41, 5.74) is 4.24. The van der Waals surface area contributed by atoms with Crippen molar-refractivity contribution >= 4 is 24.0 Å². The maximum absolute atomic E-state index is 11.8. The van der Waals surface area contributed by atoms with Crippen molar-refractivity contribution in [2.24, 2.45) is 7.05 Å². The number of rotatable bonds is 6. The Bertz CT molecular complexity index is 727. The van der Waals surface area contributed by atoms with Gasteiger partial charge in [-0.25, -0.2) is 4.68 Å². The summed E-state index contributed by atoms with van der Waals surface area (Å²) >= 11 is 0. The van der Waals surface area contributed by atoms with E-state index >= 15 is 0 Å². The Hall–Kier alpha value is -2.05. The number of aromatic nitrogens is 2. The number of ether oxygens (including phenoxy) is 1. The fourth-order valence-corrected chi connectivity index (χ4v) is 3.19. The second-order valence-electron chi connectivity index (χ2n) is 6.12. The van der Waals surface area contributed by atoms with Gasteiger partial charge in [0.1, 0.15) is 0 Å². The zero-order chi connectivity index (χ0) is 17.1. The number of aryl methyl sites for hydroxylation is 2. The number of halogens is 1. The molecule has 136 valence electrons. The number of carbonyl (C=O) groups excluding carboxylic acids is 1. The predicted octanol–water partition coefficient (Wildman–Crippen LogP) is 2.58. The van der Waals surface area contributed by atoms with Gasteiger partial charge >= 0.3 is 0 Å². The minimum Gasteiger partial charge on any atom is -0.481 e. The lowest BCUT2D eigenvalue weighted by molar-refractivity contribution is -0.117. The van der Waals surface area contributed by atoms with Crippen LogP contribution >= 0.6 is 12.4 Å². The standard InChI is InChI=1S/C18H24N4O2.ClH/c1-13-16(18(24-3)21(2)20-13)12-19-11-14-6-8-15(9-7-14)22-10-4-5-17(22)23;/h6-9,19H,4-5,10-12H2,1-3H3;1H. The molecule has 1 N–H and O–H groups in total. The van der Waals surface area contributed by atoms with Crippen LogP contribution in [-0.2, 0) is 24.9 Å². The van der Waals surface area contributed by atoms with Crippen LogP contribution in [0.1, 0.15) is 29.7 Å². The third kappa shape index (κ3) is 4.14. The Morgan fingerprint density at radius 2 is 1.96 bits per heavy atom. The van der Waals surface area contributed by atoms with Crippen molar-refractivity contribution < 1.29 is 9.53 Å². The minimum atomic E-state index is 0. The van der Waals surface area contributed by atoms with Gasteiger partial charge in [-0.05, 0) is 31.0 Å². The molecular formula is C18H25ClN4O2. The molecule has 0 radical (unpaired) electrons. The number of hydrogen-bond acceptors (Lipinski definition) is 4. The molecule has 0 unspecified atom stereocenters. The number of amides is 1. The van der Waals surface area contributed by atoms with Crippen molar-refractivity contribution in [1.82, 2.24) is 15.1 Å². The average Bonchev–Trinajstić information content (AvgIpc) is 3.11. The molecule has 0 spiro atoms. The number of anilines is 1. The van der Waals surface area contributed by atoms with E-state index in [0.29, 0.717) is 13.0 Å². The van der Waals surface area contributed by atoms with E-state index in [0.717, 1.165) is 42.3 Å². The fraction of sp³-hybridized carbons (Fsp3) is 0.444. The number of nitrogens with one attached hydrogen (secondary N) is 1. The van der Waals surface area contributed by atoms with E-state index < -0.39 is 0 Å². The summed E-state index contributed by atoms with van der Waals surface area (Å²) in [5, 5.41) is 7.82. The first-order valence-electron chi connectivity index (χ1n) is 8.26. The number of nitrogens with zero attached hydrogens (tertiary/aromatic N) is 3. The van der Waals surface area contributed by atoms with E-state index in [1.165, 1.54) is 5.56 Å². The van der Waals surface area contributed by atoms with E-state index in [1.54, 1.807) is 11.8 Å². The minimum absolute atomic E-state index is 0. The third-order valence-corrected chi connectivity index (χ3v) is 4.43. The molecule has 25 heavy (non-hydrogen) atoms. The van der Waals surface area contributed by atoms with Crippen molar-refractivity contribution in [3.8, 4) is 5.88 Å². The van der Waals surface area contributed by atoms with E-state index in [2.05, 4.69) is 22.5 Å². The summed E-state index contributed by atoms with van der Waals surface area (Å²) in [7, 11) is 3.55. The first kappa shape index (κ1) is 19.3. The number of carbonyl (C=O) groups is 1. The van der Waals surface area contributed by atoms with Crippen LogP contribution in [0.3, 0.4) is 0 Å². The van der Waals surface area contributed by atoms with Crippen molar-refractivity contribution in [1.29, 1.82) is 0 Å². The highest BCUT2D eigenvalue weighted by atomic mass is 35.5. The topological polar surface area (TPSA) is 59.4 Å². The molecule has 2 aromatic rings. The molecule has 2 heterocycles. The molecule has 1 aliphatic heterocycles. The van der Waals surface area contributed by atoms with Gasteiger partial charge in [-0.3, -0.25) is 4.79 Å². The smallest absolute Gasteiger partial charge is 0.227 e. The predicted molar refractivity (Wildman–Crippen MR) is 100 cm³/mol. The molecule has 0 bridgehead atoms. The van der Waals surface area contributed by atoms with Crippen LogP contribution in [-0.4, -0.2) is 29.3 Å². The van der Waals surface area contributed by atoms with Gasteiger partial charge in [0, 0.05) is 38.8 Å². The molecule has 7 heteroatoms. The Morgan fingerprint density at radius 1 is 1.24 bits per heavy atom. The molecule has 1 saturated heterocycles. The first-order chi connectivity index (χ1) is 11.6. The SMILES string of the molecule is COc1c(CNCc2ccc(N3CCCC3=O)cc2)c(C)nn1C.Cl. The second-order valence-corrected chi connectivity index (χ2v) is 6.12. The largest absolute Gasteiger partial charge is 0.481 e. The van der Waals surface area contributed by atoms with Crippen LogP contribution in [0.5, 0.6) is 5.88 Å². The van der Waals surface area contributed by atoms with Crippen molar-refractivity contribution in [3.63, 3.8) is 0 Å². The fourth-order valence-electron chi connectivity index (χ4n) is 3.19. The van der Waals surface area contributed by atoms with E-state index in [1.807, 2.05) is 31.0 Å². The molecule has 1 amide bonds.